The first-order chi connectivity index (χ1) is 12.9. The second-order valence-corrected chi connectivity index (χ2v) is 6.63. The third-order valence-corrected chi connectivity index (χ3v) is 4.64. The van der Waals surface area contributed by atoms with Gasteiger partial charge < -0.3 is 5.32 Å². The summed E-state index contributed by atoms with van der Waals surface area (Å²) < 4.78 is 1.24. The number of rotatable bonds is 6. The molecule has 9 nitrogen and oxygen atoms in total. The first-order valence-electron chi connectivity index (χ1n) is 7.92. The first-order valence-corrected chi connectivity index (χ1v) is 8.80. The maximum Gasteiger partial charge on any atom is 0.317 e. The highest BCUT2D eigenvalue weighted by Crippen LogP contribution is 2.30. The molecule has 1 aromatic carbocycles. The van der Waals surface area contributed by atoms with Gasteiger partial charge in [-0.15, -0.1) is 11.3 Å². The number of nitro groups is 1. The fourth-order valence-electron chi connectivity index (χ4n) is 2.39. The highest BCUT2D eigenvalue weighted by molar-refractivity contribution is 7.13. The molecule has 0 aliphatic rings. The van der Waals surface area contributed by atoms with Gasteiger partial charge in [0.2, 0.25) is 5.91 Å². The highest BCUT2D eigenvalue weighted by atomic mass is 32.1. The molecular formula is C17H15N5O4S. The predicted octanol–water partition coefficient (Wildman–Crippen LogP) is 3.32. The molecule has 2 aromatic heterocycles. The number of thiazole rings is 1. The van der Waals surface area contributed by atoms with Crippen LogP contribution in [0.2, 0.25) is 0 Å². The van der Waals surface area contributed by atoms with Crippen molar-refractivity contribution >= 4 is 34.4 Å². The lowest BCUT2D eigenvalue weighted by Gasteiger charge is -2.12. The number of nitrogens with one attached hydrogen (secondary N) is 1. The molecule has 27 heavy (non-hydrogen) atoms. The SMILES string of the molecule is CC(=O)c1cccc(NC(=O)[C@H](C)n2cc([N+](=O)[O-])c(-c3nccs3)n2)c1. The van der Waals surface area contributed by atoms with Crippen molar-refractivity contribution in [1.29, 1.82) is 0 Å². The van der Waals surface area contributed by atoms with Crippen LogP contribution in [0, 0.1) is 10.1 Å². The third-order valence-electron chi connectivity index (χ3n) is 3.86. The van der Waals surface area contributed by atoms with Gasteiger partial charge in [0.05, 0.1) is 4.92 Å². The summed E-state index contributed by atoms with van der Waals surface area (Å²) in [7, 11) is 0. The Hall–Kier alpha value is -3.40. The van der Waals surface area contributed by atoms with Crippen LogP contribution >= 0.6 is 11.3 Å². The molecule has 0 bridgehead atoms. The molecule has 0 fully saturated rings. The number of aromatic nitrogens is 3. The maximum atomic E-state index is 12.5. The minimum Gasteiger partial charge on any atom is -0.324 e. The summed E-state index contributed by atoms with van der Waals surface area (Å²) in [5.74, 6) is -0.534. The number of benzene rings is 1. The van der Waals surface area contributed by atoms with E-state index in [0.717, 1.165) is 0 Å². The van der Waals surface area contributed by atoms with Gasteiger partial charge in [0, 0.05) is 22.8 Å². The molecule has 3 aromatic rings. The van der Waals surface area contributed by atoms with Crippen molar-refractivity contribution in [3.63, 3.8) is 0 Å². The molecule has 3 rings (SSSR count). The summed E-state index contributed by atoms with van der Waals surface area (Å²) in [5.41, 5.74) is 0.832. The van der Waals surface area contributed by atoms with Gasteiger partial charge in [0.15, 0.2) is 16.5 Å². The van der Waals surface area contributed by atoms with Crippen LogP contribution in [0.4, 0.5) is 11.4 Å². The Kier molecular flexibility index (Phi) is 5.08. The van der Waals surface area contributed by atoms with Crippen molar-refractivity contribution in [1.82, 2.24) is 14.8 Å². The number of nitrogens with zero attached hydrogens (tertiary/aromatic N) is 4. The van der Waals surface area contributed by atoms with Crippen LogP contribution in [0.5, 0.6) is 0 Å². The minimum atomic E-state index is -0.807. The third kappa shape index (κ3) is 3.90. The van der Waals surface area contributed by atoms with Crippen LogP contribution in [0.3, 0.4) is 0 Å². The van der Waals surface area contributed by atoms with Crippen molar-refractivity contribution in [2.24, 2.45) is 0 Å². The highest BCUT2D eigenvalue weighted by Gasteiger charge is 2.26. The van der Waals surface area contributed by atoms with Crippen molar-refractivity contribution < 1.29 is 14.5 Å². The molecule has 0 aliphatic carbocycles. The van der Waals surface area contributed by atoms with E-state index < -0.39 is 16.9 Å². The van der Waals surface area contributed by atoms with Crippen LogP contribution in [0.15, 0.2) is 42.0 Å². The second-order valence-electron chi connectivity index (χ2n) is 5.74. The number of hydrogen-bond donors (Lipinski definition) is 1. The van der Waals surface area contributed by atoms with E-state index >= 15 is 0 Å². The monoisotopic (exact) mass is 385 g/mol. The lowest BCUT2D eigenvalue weighted by Crippen LogP contribution is -2.24. The minimum absolute atomic E-state index is 0.116. The van der Waals surface area contributed by atoms with E-state index in [1.165, 1.54) is 35.3 Å². The van der Waals surface area contributed by atoms with Crippen LogP contribution < -0.4 is 5.32 Å². The van der Waals surface area contributed by atoms with Gasteiger partial charge in [-0.2, -0.15) is 5.10 Å². The smallest absolute Gasteiger partial charge is 0.317 e. The van der Waals surface area contributed by atoms with Crippen molar-refractivity contribution in [3.05, 3.63) is 57.7 Å². The van der Waals surface area contributed by atoms with Crippen LogP contribution in [-0.2, 0) is 4.79 Å². The van der Waals surface area contributed by atoms with Gasteiger partial charge >= 0.3 is 5.69 Å². The Morgan fingerprint density at radius 2 is 2.15 bits per heavy atom. The molecule has 1 atom stereocenters. The fourth-order valence-corrected chi connectivity index (χ4v) is 3.02. The van der Waals surface area contributed by atoms with E-state index in [1.807, 2.05) is 0 Å². The van der Waals surface area contributed by atoms with Crippen molar-refractivity contribution in [3.8, 4) is 10.7 Å². The first kappa shape index (κ1) is 18.4. The summed E-state index contributed by atoms with van der Waals surface area (Å²) >= 11 is 1.22. The fraction of sp³-hybridized carbons (Fsp3) is 0.176. The van der Waals surface area contributed by atoms with E-state index in [4.69, 9.17) is 0 Å². The van der Waals surface area contributed by atoms with E-state index in [-0.39, 0.29) is 17.2 Å². The lowest BCUT2D eigenvalue weighted by atomic mass is 10.1. The van der Waals surface area contributed by atoms with Gasteiger partial charge in [-0.1, -0.05) is 12.1 Å². The van der Waals surface area contributed by atoms with E-state index in [9.17, 15) is 19.7 Å². The number of ketones is 1. The number of amides is 1. The molecule has 2 heterocycles. The van der Waals surface area contributed by atoms with Crippen LogP contribution in [0.1, 0.15) is 30.2 Å². The van der Waals surface area contributed by atoms with Crippen LogP contribution in [0.25, 0.3) is 10.7 Å². The number of carbonyl (C=O) groups is 2. The molecule has 0 radical (unpaired) electrons. The Labute approximate surface area is 157 Å². The molecule has 10 heteroatoms. The zero-order valence-corrected chi connectivity index (χ0v) is 15.3. The van der Waals surface area contributed by atoms with E-state index in [1.54, 1.807) is 36.6 Å². The van der Waals surface area contributed by atoms with Crippen molar-refractivity contribution in [2.75, 3.05) is 5.32 Å². The molecule has 1 N–H and O–H groups in total. The largest absolute Gasteiger partial charge is 0.324 e. The number of hydrogen-bond acceptors (Lipinski definition) is 7. The van der Waals surface area contributed by atoms with E-state index in [2.05, 4.69) is 15.4 Å². The number of anilines is 1. The summed E-state index contributed by atoms with van der Waals surface area (Å²) in [6.07, 6.45) is 2.74. The Bertz CT molecular complexity index is 1010. The molecule has 0 spiro atoms. The topological polar surface area (TPSA) is 120 Å². The summed E-state index contributed by atoms with van der Waals surface area (Å²) in [6, 6.07) is 5.73. The lowest BCUT2D eigenvalue weighted by molar-refractivity contribution is -0.384. The zero-order chi connectivity index (χ0) is 19.6. The molecule has 0 saturated heterocycles. The standard InChI is InChI=1S/C17H15N5O4S/c1-10(16(24)19-13-5-3-4-12(8-13)11(2)23)21-9-14(22(25)26)15(20-21)17-18-6-7-27-17/h3-10H,1-2H3,(H,19,24)/t10-/m0/s1. The average molecular weight is 385 g/mol. The Balaban J connectivity index is 1.85. The average Bonchev–Trinajstić information content (AvgIpc) is 3.30. The second kappa shape index (κ2) is 7.46. The van der Waals surface area contributed by atoms with Gasteiger partial charge in [0.25, 0.3) is 0 Å². The normalized spacial score (nSPS) is 11.8. The van der Waals surface area contributed by atoms with Gasteiger partial charge in [-0.25, -0.2) is 4.98 Å². The van der Waals surface area contributed by atoms with Gasteiger partial charge in [-0.3, -0.25) is 24.4 Å². The predicted molar refractivity (Wildman–Crippen MR) is 99.8 cm³/mol. The van der Waals surface area contributed by atoms with Gasteiger partial charge in [0.1, 0.15) is 12.2 Å². The number of Topliss-reactive ketones (excluding diaryl/α,β-unsaturated/α-hetero) is 1. The quantitative estimate of drug-likeness (QED) is 0.395. The Morgan fingerprint density at radius 3 is 2.78 bits per heavy atom. The summed E-state index contributed by atoms with van der Waals surface area (Å²) in [4.78, 5) is 38.8. The molecule has 1 amide bonds. The molecule has 138 valence electrons. The molecule has 0 saturated carbocycles. The summed E-state index contributed by atoms with van der Waals surface area (Å²) in [5, 5.41) is 20.3. The Morgan fingerprint density at radius 1 is 1.37 bits per heavy atom. The summed E-state index contributed by atoms with van der Waals surface area (Å²) in [6.45, 7) is 3.01. The maximum absolute atomic E-state index is 12.5. The molecule has 0 aliphatic heterocycles. The molecular weight excluding hydrogens is 370 g/mol. The van der Waals surface area contributed by atoms with Crippen LogP contribution in [-0.4, -0.2) is 31.4 Å². The van der Waals surface area contributed by atoms with E-state index in [0.29, 0.717) is 16.3 Å². The van der Waals surface area contributed by atoms with Gasteiger partial charge in [-0.05, 0) is 26.0 Å². The number of carbonyl (C=O) groups excluding carboxylic acids is 2. The molecule has 0 unspecified atom stereocenters. The zero-order valence-electron chi connectivity index (χ0n) is 14.4. The van der Waals surface area contributed by atoms with Crippen molar-refractivity contribution in [2.45, 2.75) is 19.9 Å².